The monoisotopic (exact) mass is 262 g/mol. The lowest BCUT2D eigenvalue weighted by Crippen LogP contribution is -2.04. The number of hydrogen-bond donors (Lipinski definition) is 1. The average Bonchev–Trinajstić information content (AvgIpc) is 2.26. The van der Waals surface area contributed by atoms with Gasteiger partial charge in [0.2, 0.25) is 0 Å². The highest BCUT2D eigenvalue weighted by Gasteiger charge is 2.10. The van der Waals surface area contributed by atoms with E-state index < -0.39 is 0 Å². The Morgan fingerprint density at radius 3 is 2.69 bits per heavy atom. The van der Waals surface area contributed by atoms with Crippen LogP contribution in [0.1, 0.15) is 17.5 Å². The summed E-state index contributed by atoms with van der Waals surface area (Å²) >= 11 is 11.8. The van der Waals surface area contributed by atoms with E-state index >= 15 is 0 Å². The first-order chi connectivity index (χ1) is 7.58. The molecule has 1 aromatic carbocycles. The fourth-order valence-corrected chi connectivity index (χ4v) is 2.04. The van der Waals surface area contributed by atoms with E-state index in [0.29, 0.717) is 22.0 Å². The summed E-state index contributed by atoms with van der Waals surface area (Å²) in [6, 6.07) is 3.23. The van der Waals surface area contributed by atoms with E-state index in [9.17, 15) is 4.79 Å². The van der Waals surface area contributed by atoms with Crippen LogP contribution in [0.2, 0.25) is 10.0 Å². The van der Waals surface area contributed by atoms with Gasteiger partial charge in [-0.25, -0.2) is 0 Å². The summed E-state index contributed by atoms with van der Waals surface area (Å²) in [5.41, 5.74) is 1.38. The Labute approximate surface area is 104 Å². The molecule has 0 aliphatic heterocycles. The number of rotatable bonds is 4. The van der Waals surface area contributed by atoms with Crippen molar-refractivity contribution in [2.24, 2.45) is 0 Å². The third-order valence-corrected chi connectivity index (χ3v) is 2.79. The molecule has 3 nitrogen and oxygen atoms in total. The maximum atomic E-state index is 11.0. The molecular formula is C11H12Cl2O3. The van der Waals surface area contributed by atoms with E-state index in [-0.39, 0.29) is 19.0 Å². The zero-order valence-electron chi connectivity index (χ0n) is 8.80. The van der Waals surface area contributed by atoms with Crippen LogP contribution < -0.4 is 0 Å². The lowest BCUT2D eigenvalue weighted by atomic mass is 10.0. The molecule has 0 bridgehead atoms. The first kappa shape index (κ1) is 13.3. The molecule has 88 valence electrons. The van der Waals surface area contributed by atoms with Crippen LogP contribution in [0, 0.1) is 0 Å². The van der Waals surface area contributed by atoms with Crippen LogP contribution in [0.15, 0.2) is 12.1 Å². The van der Waals surface area contributed by atoms with Gasteiger partial charge in [-0.3, -0.25) is 4.79 Å². The first-order valence-corrected chi connectivity index (χ1v) is 5.48. The zero-order valence-corrected chi connectivity index (χ0v) is 10.3. The number of hydrogen-bond acceptors (Lipinski definition) is 3. The molecule has 5 heteroatoms. The van der Waals surface area contributed by atoms with Crippen LogP contribution >= 0.6 is 23.2 Å². The SMILES string of the molecule is COC(=O)CCc1c(Cl)cc(Cl)cc1CO. The molecule has 0 saturated heterocycles. The molecule has 0 aromatic heterocycles. The van der Waals surface area contributed by atoms with Crippen molar-refractivity contribution < 1.29 is 14.6 Å². The van der Waals surface area contributed by atoms with Crippen LogP contribution in [-0.4, -0.2) is 18.2 Å². The van der Waals surface area contributed by atoms with E-state index in [1.54, 1.807) is 12.1 Å². The second-order valence-corrected chi connectivity index (χ2v) is 4.10. The van der Waals surface area contributed by atoms with E-state index in [0.717, 1.165) is 5.56 Å². The third kappa shape index (κ3) is 3.37. The van der Waals surface area contributed by atoms with Gasteiger partial charge in [0.05, 0.1) is 13.7 Å². The van der Waals surface area contributed by atoms with Crippen LogP contribution in [-0.2, 0) is 22.6 Å². The van der Waals surface area contributed by atoms with Gasteiger partial charge in [0.15, 0.2) is 0 Å². The van der Waals surface area contributed by atoms with Crippen LogP contribution in [0.4, 0.5) is 0 Å². The van der Waals surface area contributed by atoms with Gasteiger partial charge in [0.1, 0.15) is 0 Å². The highest BCUT2D eigenvalue weighted by molar-refractivity contribution is 6.35. The van der Waals surface area contributed by atoms with Gasteiger partial charge in [0.25, 0.3) is 0 Å². The summed E-state index contributed by atoms with van der Waals surface area (Å²) in [6.07, 6.45) is 0.656. The van der Waals surface area contributed by atoms with Crippen molar-refractivity contribution in [1.29, 1.82) is 0 Å². The minimum absolute atomic E-state index is 0.156. The summed E-state index contributed by atoms with van der Waals surface area (Å²) in [7, 11) is 1.33. The lowest BCUT2D eigenvalue weighted by Gasteiger charge is -2.09. The Morgan fingerprint density at radius 2 is 2.12 bits per heavy atom. The number of esters is 1. The van der Waals surface area contributed by atoms with Crippen LogP contribution in [0.3, 0.4) is 0 Å². The number of benzene rings is 1. The Morgan fingerprint density at radius 1 is 1.44 bits per heavy atom. The molecule has 1 aromatic rings. The van der Waals surface area contributed by atoms with E-state index in [2.05, 4.69) is 4.74 Å². The average molecular weight is 263 g/mol. The molecular weight excluding hydrogens is 251 g/mol. The summed E-state index contributed by atoms with van der Waals surface area (Å²) in [5, 5.41) is 10.1. The molecule has 1 N–H and O–H groups in total. The molecule has 0 aliphatic rings. The fraction of sp³-hybridized carbons (Fsp3) is 0.364. The van der Waals surface area contributed by atoms with E-state index in [4.69, 9.17) is 28.3 Å². The minimum Gasteiger partial charge on any atom is -0.469 e. The summed E-state index contributed by atoms with van der Waals surface area (Å²) in [6.45, 7) is -0.156. The second-order valence-electron chi connectivity index (χ2n) is 3.26. The quantitative estimate of drug-likeness (QED) is 0.849. The normalized spacial score (nSPS) is 10.2. The number of halogens is 2. The minimum atomic E-state index is -0.310. The predicted molar refractivity (Wildman–Crippen MR) is 62.7 cm³/mol. The molecule has 0 aliphatic carbocycles. The van der Waals surface area contributed by atoms with Crippen molar-refractivity contribution in [3.8, 4) is 0 Å². The number of ether oxygens (including phenoxy) is 1. The maximum absolute atomic E-state index is 11.0. The maximum Gasteiger partial charge on any atom is 0.305 e. The molecule has 16 heavy (non-hydrogen) atoms. The summed E-state index contributed by atoms with van der Waals surface area (Å²) in [5.74, 6) is -0.310. The number of aliphatic hydroxyl groups excluding tert-OH is 1. The van der Waals surface area contributed by atoms with Crippen LogP contribution in [0.25, 0.3) is 0 Å². The van der Waals surface area contributed by atoms with Crippen molar-refractivity contribution in [1.82, 2.24) is 0 Å². The molecule has 1 rings (SSSR count). The third-order valence-electron chi connectivity index (χ3n) is 2.23. The van der Waals surface area contributed by atoms with Gasteiger partial charge in [-0.2, -0.15) is 0 Å². The Bertz CT molecular complexity index is 391. The molecule has 0 spiro atoms. The summed E-state index contributed by atoms with van der Waals surface area (Å²) in [4.78, 5) is 11.0. The number of carbonyl (C=O) groups excluding carboxylic acids is 1. The predicted octanol–water partition coefficient (Wildman–Crippen LogP) is 2.59. The fourth-order valence-electron chi connectivity index (χ4n) is 1.41. The van der Waals surface area contributed by atoms with Crippen LogP contribution in [0.5, 0.6) is 0 Å². The number of methoxy groups -OCH3 is 1. The largest absolute Gasteiger partial charge is 0.469 e. The van der Waals surface area contributed by atoms with E-state index in [1.807, 2.05) is 0 Å². The van der Waals surface area contributed by atoms with Crippen molar-refractivity contribution >= 4 is 29.2 Å². The van der Waals surface area contributed by atoms with Gasteiger partial charge in [-0.15, -0.1) is 0 Å². The lowest BCUT2D eigenvalue weighted by molar-refractivity contribution is -0.140. The second kappa shape index (κ2) is 6.09. The van der Waals surface area contributed by atoms with Gasteiger partial charge in [-0.1, -0.05) is 23.2 Å². The molecule has 0 amide bonds. The topological polar surface area (TPSA) is 46.5 Å². The first-order valence-electron chi connectivity index (χ1n) is 4.73. The van der Waals surface area contributed by atoms with Gasteiger partial charge in [0, 0.05) is 16.5 Å². The Balaban J connectivity index is 2.89. The molecule has 0 heterocycles. The standard InChI is InChI=1S/C11H12Cl2O3/c1-16-11(15)3-2-9-7(6-14)4-8(12)5-10(9)13/h4-5,14H,2-3,6H2,1H3. The molecule has 0 unspecified atom stereocenters. The van der Waals surface area contributed by atoms with Gasteiger partial charge in [-0.05, 0) is 29.7 Å². The van der Waals surface area contributed by atoms with Crippen molar-refractivity contribution in [2.45, 2.75) is 19.4 Å². The van der Waals surface area contributed by atoms with Crippen molar-refractivity contribution in [2.75, 3.05) is 7.11 Å². The van der Waals surface area contributed by atoms with Crippen molar-refractivity contribution in [3.05, 3.63) is 33.3 Å². The molecule has 0 radical (unpaired) electrons. The van der Waals surface area contributed by atoms with E-state index in [1.165, 1.54) is 7.11 Å². The number of aliphatic hydroxyl groups is 1. The molecule has 0 saturated carbocycles. The van der Waals surface area contributed by atoms with Gasteiger partial charge < -0.3 is 9.84 Å². The summed E-state index contributed by atoms with van der Waals surface area (Å²) < 4.78 is 4.54. The zero-order chi connectivity index (χ0) is 12.1. The number of carbonyl (C=O) groups is 1. The molecule has 0 fully saturated rings. The highest BCUT2D eigenvalue weighted by atomic mass is 35.5. The molecule has 0 atom stereocenters. The van der Waals surface area contributed by atoms with Gasteiger partial charge >= 0.3 is 5.97 Å². The Hall–Kier alpha value is -0.770. The smallest absolute Gasteiger partial charge is 0.305 e. The Kier molecular flexibility index (Phi) is 5.06. The van der Waals surface area contributed by atoms with Crippen molar-refractivity contribution in [3.63, 3.8) is 0 Å². The highest BCUT2D eigenvalue weighted by Crippen LogP contribution is 2.26.